The molecule has 2 aromatic carbocycles. The molecule has 1 heterocycles. The minimum Gasteiger partial charge on any atom is -0.496 e. The van der Waals surface area contributed by atoms with E-state index in [2.05, 4.69) is 50.0 Å². The molecular weight excluding hydrogens is 458 g/mol. The van der Waals surface area contributed by atoms with Gasteiger partial charge in [-0.2, -0.15) is 0 Å². The number of para-hydroxylation sites is 1. The van der Waals surface area contributed by atoms with Gasteiger partial charge in [0.15, 0.2) is 5.78 Å². The van der Waals surface area contributed by atoms with Gasteiger partial charge in [0.05, 0.1) is 25.0 Å². The first-order valence-corrected chi connectivity index (χ1v) is 14.2. The van der Waals surface area contributed by atoms with Crippen LogP contribution in [0.3, 0.4) is 0 Å². The Balaban J connectivity index is 1.63. The maximum atomic E-state index is 13.6. The lowest BCUT2D eigenvalue weighted by Gasteiger charge is -2.55. The van der Waals surface area contributed by atoms with Crippen molar-refractivity contribution in [2.24, 2.45) is 11.3 Å². The Kier molecular flexibility index (Phi) is 7.24. The van der Waals surface area contributed by atoms with Gasteiger partial charge in [-0.05, 0) is 78.2 Å². The molecule has 198 valence electrons. The third kappa shape index (κ3) is 4.41. The maximum Gasteiger partial charge on any atom is 0.165 e. The van der Waals surface area contributed by atoms with Gasteiger partial charge < -0.3 is 14.5 Å². The van der Waals surface area contributed by atoms with Gasteiger partial charge in [-0.3, -0.25) is 4.79 Å². The molecule has 0 radical (unpaired) electrons. The van der Waals surface area contributed by atoms with Crippen molar-refractivity contribution in [2.75, 3.05) is 20.8 Å². The second-order valence-corrected chi connectivity index (χ2v) is 12.0. The van der Waals surface area contributed by atoms with Gasteiger partial charge in [-0.25, -0.2) is 0 Å². The molecule has 1 saturated carbocycles. The fraction of sp³-hybridized carbons (Fsp3) is 0.545. The Morgan fingerprint density at radius 3 is 2.68 bits per heavy atom. The summed E-state index contributed by atoms with van der Waals surface area (Å²) in [4.78, 5) is 17.2. The molecule has 3 aromatic rings. The highest BCUT2D eigenvalue weighted by Gasteiger charge is 2.52. The molecule has 1 aromatic heterocycles. The average Bonchev–Trinajstić information content (AvgIpc) is 3.27. The first-order chi connectivity index (χ1) is 17.9. The monoisotopic (exact) mass is 501 g/mol. The lowest BCUT2D eigenvalue weighted by molar-refractivity contribution is -0.0324. The lowest BCUT2D eigenvalue weighted by Crippen LogP contribution is -2.50. The predicted molar refractivity (Wildman–Crippen MR) is 152 cm³/mol. The van der Waals surface area contributed by atoms with Crippen molar-refractivity contribution in [1.82, 2.24) is 4.98 Å². The summed E-state index contributed by atoms with van der Waals surface area (Å²) < 4.78 is 11.8. The molecule has 5 rings (SSSR count). The van der Waals surface area contributed by atoms with Crippen LogP contribution in [0.1, 0.15) is 93.6 Å². The minimum atomic E-state index is 0.101. The SMILES string of the molecule is CCCCCC(=O)c1c(-c2cc3c(cc2OC)[C@@]2(C)CCC[C@](C)(COC)[C@@H]2CC3)[nH]c2ccccc12. The molecule has 0 bridgehead atoms. The molecule has 0 amide bonds. The number of hydrogen-bond acceptors (Lipinski definition) is 3. The predicted octanol–water partition coefficient (Wildman–Crippen LogP) is 8.26. The number of carbonyl (C=O) groups is 1. The molecule has 1 fully saturated rings. The number of methoxy groups -OCH3 is 2. The van der Waals surface area contributed by atoms with Crippen molar-refractivity contribution in [3.8, 4) is 17.0 Å². The van der Waals surface area contributed by atoms with E-state index >= 15 is 0 Å². The smallest absolute Gasteiger partial charge is 0.165 e. The highest BCUT2D eigenvalue weighted by molar-refractivity contribution is 6.13. The second kappa shape index (κ2) is 10.3. The Hall–Kier alpha value is -2.59. The Morgan fingerprint density at radius 1 is 1.11 bits per heavy atom. The van der Waals surface area contributed by atoms with Crippen molar-refractivity contribution >= 4 is 16.7 Å². The number of ether oxygens (including phenoxy) is 2. The number of fused-ring (bicyclic) bond motifs is 4. The number of ketones is 1. The van der Waals surface area contributed by atoms with E-state index in [1.54, 1.807) is 7.11 Å². The molecule has 0 aliphatic heterocycles. The van der Waals surface area contributed by atoms with E-state index in [0.29, 0.717) is 12.3 Å². The first kappa shape index (κ1) is 26.0. The van der Waals surface area contributed by atoms with Crippen molar-refractivity contribution in [3.05, 3.63) is 53.1 Å². The van der Waals surface area contributed by atoms with Crippen molar-refractivity contribution in [2.45, 2.75) is 84.0 Å². The van der Waals surface area contributed by atoms with Crippen LogP contribution in [0.5, 0.6) is 5.75 Å². The molecule has 0 spiro atoms. The number of carbonyl (C=O) groups excluding carboxylic acids is 1. The lowest BCUT2D eigenvalue weighted by atomic mass is 9.50. The van der Waals surface area contributed by atoms with Gasteiger partial charge in [0.1, 0.15) is 5.75 Å². The van der Waals surface area contributed by atoms with Gasteiger partial charge in [-0.15, -0.1) is 0 Å². The number of rotatable bonds is 9. The topological polar surface area (TPSA) is 51.3 Å². The van der Waals surface area contributed by atoms with Crippen molar-refractivity contribution in [3.63, 3.8) is 0 Å². The highest BCUT2D eigenvalue weighted by Crippen LogP contribution is 2.58. The molecule has 3 atom stereocenters. The number of unbranched alkanes of at least 4 members (excludes halogenated alkanes) is 2. The van der Waals surface area contributed by atoms with Gasteiger partial charge in [0.2, 0.25) is 0 Å². The quantitative estimate of drug-likeness (QED) is 0.237. The van der Waals surface area contributed by atoms with Crippen LogP contribution >= 0.6 is 0 Å². The van der Waals surface area contributed by atoms with E-state index < -0.39 is 0 Å². The second-order valence-electron chi connectivity index (χ2n) is 12.0. The standard InChI is InChI=1S/C33H43NO3/c1-6-7-8-14-27(35)30-23-12-9-10-13-26(23)34-31(30)24-19-22-15-16-29-32(2,21-36-4)17-11-18-33(29,3)25(22)20-28(24)37-5/h9-10,12-13,19-20,29,34H,6-8,11,14-18,21H2,1-5H3/t29-,32+,33+/m0/s1. The summed E-state index contributed by atoms with van der Waals surface area (Å²) in [5.74, 6) is 1.66. The van der Waals surface area contributed by atoms with E-state index in [0.717, 1.165) is 65.8 Å². The van der Waals surface area contributed by atoms with E-state index in [9.17, 15) is 4.79 Å². The molecule has 37 heavy (non-hydrogen) atoms. The summed E-state index contributed by atoms with van der Waals surface area (Å²) in [6.45, 7) is 7.88. The van der Waals surface area contributed by atoms with Crippen LogP contribution in [0.15, 0.2) is 36.4 Å². The summed E-state index contributed by atoms with van der Waals surface area (Å²) in [5.41, 5.74) is 6.86. The zero-order valence-corrected chi connectivity index (χ0v) is 23.3. The molecule has 1 N–H and O–H groups in total. The zero-order valence-electron chi connectivity index (χ0n) is 23.3. The molecule has 0 unspecified atom stereocenters. The molecule has 2 aliphatic rings. The first-order valence-electron chi connectivity index (χ1n) is 14.2. The van der Waals surface area contributed by atoms with Crippen LogP contribution in [0, 0.1) is 11.3 Å². The van der Waals surface area contributed by atoms with Crippen LogP contribution in [-0.4, -0.2) is 31.6 Å². The van der Waals surface area contributed by atoms with E-state index in [1.165, 1.54) is 36.8 Å². The number of aromatic nitrogens is 1. The summed E-state index contributed by atoms with van der Waals surface area (Å²) >= 11 is 0. The molecule has 4 nitrogen and oxygen atoms in total. The van der Waals surface area contributed by atoms with Crippen LogP contribution < -0.4 is 4.74 Å². The largest absolute Gasteiger partial charge is 0.496 e. The van der Waals surface area contributed by atoms with E-state index in [4.69, 9.17) is 9.47 Å². The highest BCUT2D eigenvalue weighted by atomic mass is 16.5. The van der Waals surface area contributed by atoms with Gasteiger partial charge in [-0.1, -0.05) is 58.2 Å². The number of Topliss-reactive ketones (excluding diaryl/α,β-unsaturated/α-hetero) is 1. The Morgan fingerprint density at radius 2 is 1.92 bits per heavy atom. The Labute approximate surface area is 222 Å². The summed E-state index contributed by atoms with van der Waals surface area (Å²) in [6, 6.07) is 12.8. The van der Waals surface area contributed by atoms with E-state index in [-0.39, 0.29) is 16.6 Å². The summed E-state index contributed by atoms with van der Waals surface area (Å²) in [5, 5.41) is 1.01. The summed E-state index contributed by atoms with van der Waals surface area (Å²) in [7, 11) is 3.60. The third-order valence-corrected chi connectivity index (χ3v) is 9.53. The normalized spacial score (nSPS) is 25.1. The van der Waals surface area contributed by atoms with Gasteiger partial charge >= 0.3 is 0 Å². The number of hydrogen-bond donors (Lipinski definition) is 1. The maximum absolute atomic E-state index is 13.6. The number of nitrogens with one attached hydrogen (secondary N) is 1. The fourth-order valence-corrected chi connectivity index (χ4v) is 7.79. The number of aryl methyl sites for hydroxylation is 1. The molecule has 2 aliphatic carbocycles. The number of aromatic amines is 1. The zero-order chi connectivity index (χ0) is 26.2. The third-order valence-electron chi connectivity index (χ3n) is 9.53. The minimum absolute atomic E-state index is 0.101. The number of benzene rings is 2. The van der Waals surface area contributed by atoms with Crippen LogP contribution in [0.2, 0.25) is 0 Å². The van der Waals surface area contributed by atoms with Crippen LogP contribution in [-0.2, 0) is 16.6 Å². The van der Waals surface area contributed by atoms with Gasteiger partial charge in [0, 0.05) is 30.0 Å². The van der Waals surface area contributed by atoms with E-state index in [1.807, 2.05) is 19.2 Å². The van der Waals surface area contributed by atoms with Crippen LogP contribution in [0.4, 0.5) is 0 Å². The summed E-state index contributed by atoms with van der Waals surface area (Å²) in [6.07, 6.45) is 9.54. The Bertz CT molecular complexity index is 1290. The van der Waals surface area contributed by atoms with Crippen LogP contribution in [0.25, 0.3) is 22.2 Å². The molecule has 4 heteroatoms. The fourth-order valence-electron chi connectivity index (χ4n) is 7.79. The average molecular weight is 502 g/mol. The molecule has 0 saturated heterocycles. The van der Waals surface area contributed by atoms with Crippen molar-refractivity contribution < 1.29 is 14.3 Å². The number of H-pyrrole nitrogens is 1. The van der Waals surface area contributed by atoms with Gasteiger partial charge in [0.25, 0.3) is 0 Å². The van der Waals surface area contributed by atoms with Crippen molar-refractivity contribution in [1.29, 1.82) is 0 Å². The molecular formula is C33H43NO3.